The van der Waals surface area contributed by atoms with E-state index in [1.165, 1.54) is 22.3 Å². The highest BCUT2D eigenvalue weighted by molar-refractivity contribution is 14.0. The number of nitrogens with zero attached hydrogens (tertiary/aromatic N) is 3. The van der Waals surface area contributed by atoms with Crippen molar-refractivity contribution in [2.45, 2.75) is 25.9 Å². The Bertz CT molecular complexity index is 918. The van der Waals surface area contributed by atoms with Crippen LogP contribution in [-0.4, -0.2) is 63.2 Å². The molecule has 0 amide bonds. The first-order chi connectivity index (χ1) is 14.7. The van der Waals surface area contributed by atoms with Crippen LogP contribution in [0.15, 0.2) is 41.4 Å². The second kappa shape index (κ2) is 11.0. The zero-order valence-electron chi connectivity index (χ0n) is 18.7. The van der Waals surface area contributed by atoms with E-state index in [0.29, 0.717) is 0 Å². The molecule has 2 heterocycles. The van der Waals surface area contributed by atoms with Gasteiger partial charge in [0.15, 0.2) is 17.5 Å². The number of halogens is 1. The third kappa shape index (κ3) is 5.44. The highest BCUT2D eigenvalue weighted by Gasteiger charge is 2.22. The molecule has 6 nitrogen and oxygen atoms in total. The Labute approximate surface area is 202 Å². The van der Waals surface area contributed by atoms with Crippen molar-refractivity contribution >= 4 is 29.9 Å². The minimum atomic E-state index is 0. The minimum Gasteiger partial charge on any atom is -0.493 e. The number of hydrogen-bond donors (Lipinski definition) is 1. The van der Waals surface area contributed by atoms with Gasteiger partial charge in [0.1, 0.15) is 0 Å². The van der Waals surface area contributed by atoms with E-state index in [-0.39, 0.29) is 24.0 Å². The zero-order chi connectivity index (χ0) is 20.9. The molecule has 2 aliphatic rings. The Morgan fingerprint density at radius 1 is 0.935 bits per heavy atom. The first-order valence-electron chi connectivity index (χ1n) is 10.7. The van der Waals surface area contributed by atoms with Crippen LogP contribution in [0.1, 0.15) is 22.3 Å². The van der Waals surface area contributed by atoms with Gasteiger partial charge in [-0.3, -0.25) is 9.89 Å². The topological polar surface area (TPSA) is 49.3 Å². The average Bonchev–Trinajstić information content (AvgIpc) is 2.80. The molecule has 0 unspecified atom stereocenters. The minimum absolute atomic E-state index is 0. The number of guanidine groups is 1. The summed E-state index contributed by atoms with van der Waals surface area (Å²) in [5.74, 6) is 2.55. The molecule has 0 fully saturated rings. The quantitative estimate of drug-likeness (QED) is 0.361. The number of hydrogen-bond acceptors (Lipinski definition) is 4. The van der Waals surface area contributed by atoms with E-state index >= 15 is 0 Å². The Kier molecular flexibility index (Phi) is 8.43. The highest BCUT2D eigenvalue weighted by atomic mass is 127. The molecule has 2 aliphatic heterocycles. The van der Waals surface area contributed by atoms with E-state index in [1.807, 2.05) is 7.05 Å². The summed E-state index contributed by atoms with van der Waals surface area (Å²) in [5.41, 5.74) is 5.56. The van der Waals surface area contributed by atoms with Crippen molar-refractivity contribution in [2.24, 2.45) is 4.99 Å². The lowest BCUT2D eigenvalue weighted by molar-refractivity contribution is 0.256. The molecule has 4 rings (SSSR count). The maximum atomic E-state index is 5.49. The van der Waals surface area contributed by atoms with Gasteiger partial charge in [0.25, 0.3) is 0 Å². The molecule has 0 aromatic heterocycles. The van der Waals surface area contributed by atoms with Gasteiger partial charge in [-0.05, 0) is 47.2 Å². The van der Waals surface area contributed by atoms with E-state index in [1.54, 1.807) is 14.2 Å². The lowest BCUT2D eigenvalue weighted by Gasteiger charge is -2.33. The lowest BCUT2D eigenvalue weighted by Crippen LogP contribution is -2.46. The van der Waals surface area contributed by atoms with Gasteiger partial charge < -0.3 is 19.7 Å². The molecule has 7 heteroatoms. The summed E-state index contributed by atoms with van der Waals surface area (Å²) in [5, 5.41) is 3.57. The van der Waals surface area contributed by atoms with Crippen LogP contribution in [0, 0.1) is 0 Å². The third-order valence-electron chi connectivity index (χ3n) is 6.15. The van der Waals surface area contributed by atoms with Gasteiger partial charge >= 0.3 is 0 Å². The Morgan fingerprint density at radius 3 is 2.32 bits per heavy atom. The van der Waals surface area contributed by atoms with Crippen LogP contribution in [0.2, 0.25) is 0 Å². The van der Waals surface area contributed by atoms with Gasteiger partial charge in [-0.25, -0.2) is 0 Å². The second-order valence-corrected chi connectivity index (χ2v) is 7.92. The van der Waals surface area contributed by atoms with Gasteiger partial charge in [0.05, 0.1) is 14.2 Å². The van der Waals surface area contributed by atoms with Gasteiger partial charge in [0.2, 0.25) is 0 Å². The normalized spacial score (nSPS) is 16.1. The fraction of sp³-hybridized carbons (Fsp3) is 0.458. The first-order valence-corrected chi connectivity index (χ1v) is 10.7. The molecular weight excluding hydrogens is 503 g/mol. The van der Waals surface area contributed by atoms with Crippen molar-refractivity contribution in [3.63, 3.8) is 0 Å². The number of aliphatic imine (C=N–C) groups is 1. The monoisotopic (exact) mass is 536 g/mol. The van der Waals surface area contributed by atoms with Crippen LogP contribution < -0.4 is 14.8 Å². The number of ether oxygens (including phenoxy) is 2. The summed E-state index contributed by atoms with van der Waals surface area (Å²) >= 11 is 0. The predicted molar refractivity (Wildman–Crippen MR) is 136 cm³/mol. The Hall–Kier alpha value is -2.00. The summed E-state index contributed by atoms with van der Waals surface area (Å²) in [4.78, 5) is 9.37. The smallest absolute Gasteiger partial charge is 0.194 e. The second-order valence-electron chi connectivity index (χ2n) is 7.92. The summed E-state index contributed by atoms with van der Waals surface area (Å²) in [7, 11) is 5.24. The van der Waals surface area contributed by atoms with E-state index in [9.17, 15) is 0 Å². The van der Waals surface area contributed by atoms with Crippen molar-refractivity contribution < 1.29 is 9.47 Å². The number of rotatable bonds is 5. The lowest BCUT2D eigenvalue weighted by atomic mass is 9.99. The van der Waals surface area contributed by atoms with Crippen LogP contribution in [0.5, 0.6) is 11.5 Å². The van der Waals surface area contributed by atoms with E-state index in [2.05, 4.69) is 56.5 Å². The molecule has 0 bridgehead atoms. The number of methoxy groups -OCH3 is 2. The van der Waals surface area contributed by atoms with Crippen LogP contribution in [0.4, 0.5) is 0 Å². The van der Waals surface area contributed by atoms with Crippen LogP contribution in [-0.2, 0) is 25.9 Å². The molecule has 2 aromatic carbocycles. The molecule has 1 N–H and O–H groups in total. The number of fused-ring (bicyclic) bond motifs is 2. The molecule has 31 heavy (non-hydrogen) atoms. The predicted octanol–water partition coefficient (Wildman–Crippen LogP) is 3.31. The van der Waals surface area contributed by atoms with Crippen molar-refractivity contribution in [3.05, 3.63) is 58.7 Å². The fourth-order valence-electron chi connectivity index (χ4n) is 4.47. The molecule has 0 spiro atoms. The fourth-order valence-corrected chi connectivity index (χ4v) is 4.47. The molecule has 168 valence electrons. The maximum Gasteiger partial charge on any atom is 0.194 e. The molecule has 2 aromatic rings. The Morgan fingerprint density at radius 2 is 1.61 bits per heavy atom. The molecule has 0 radical (unpaired) electrons. The van der Waals surface area contributed by atoms with E-state index in [0.717, 1.165) is 69.6 Å². The molecular formula is C24H33IN4O2. The maximum absolute atomic E-state index is 5.49. The van der Waals surface area contributed by atoms with Gasteiger partial charge in [-0.2, -0.15) is 0 Å². The first kappa shape index (κ1) is 23.7. The van der Waals surface area contributed by atoms with Crippen LogP contribution in [0.25, 0.3) is 0 Å². The van der Waals surface area contributed by atoms with Gasteiger partial charge in [-0.1, -0.05) is 24.3 Å². The summed E-state index contributed by atoms with van der Waals surface area (Å²) < 4.78 is 10.9. The van der Waals surface area contributed by atoms with Gasteiger partial charge in [-0.15, -0.1) is 24.0 Å². The standard InChI is InChI=1S/C24H32N4O2.HI/c1-25-24(26-10-13-27-11-8-18-6-4-5-7-20(18)16-27)28-12-9-19-14-22(29-2)23(30-3)15-21(19)17-28;/h4-7,14-15H,8-13,16-17H2,1-3H3,(H,25,26);1H. The van der Waals surface area contributed by atoms with Crippen LogP contribution in [0.3, 0.4) is 0 Å². The molecule has 0 saturated carbocycles. The molecule has 0 atom stereocenters. The van der Waals surface area contributed by atoms with E-state index < -0.39 is 0 Å². The number of benzene rings is 2. The van der Waals surface area contributed by atoms with E-state index in [4.69, 9.17) is 9.47 Å². The zero-order valence-corrected chi connectivity index (χ0v) is 21.0. The number of nitrogens with one attached hydrogen (secondary N) is 1. The van der Waals surface area contributed by atoms with Crippen molar-refractivity contribution in [3.8, 4) is 11.5 Å². The molecule has 0 saturated heterocycles. The average molecular weight is 536 g/mol. The van der Waals surface area contributed by atoms with Crippen molar-refractivity contribution in [1.82, 2.24) is 15.1 Å². The highest BCUT2D eigenvalue weighted by Crippen LogP contribution is 2.33. The molecule has 0 aliphatic carbocycles. The Balaban J connectivity index is 0.00000272. The summed E-state index contributed by atoms with van der Waals surface area (Å²) in [6.07, 6.45) is 2.11. The van der Waals surface area contributed by atoms with Crippen molar-refractivity contribution in [2.75, 3.05) is 47.4 Å². The third-order valence-corrected chi connectivity index (χ3v) is 6.15. The van der Waals surface area contributed by atoms with Crippen molar-refractivity contribution in [1.29, 1.82) is 0 Å². The summed E-state index contributed by atoms with van der Waals surface area (Å²) in [6, 6.07) is 13.0. The van der Waals surface area contributed by atoms with Gasteiger partial charge in [0, 0.05) is 46.3 Å². The van der Waals surface area contributed by atoms with Crippen LogP contribution >= 0.6 is 24.0 Å². The largest absolute Gasteiger partial charge is 0.493 e. The summed E-state index contributed by atoms with van der Waals surface area (Å²) in [6.45, 7) is 5.84. The SMILES string of the molecule is CN=C(NCCN1CCc2ccccc2C1)N1CCc2cc(OC)c(OC)cc2C1.I.